The number of fused-ring (bicyclic) bond motifs is 3. The first kappa shape index (κ1) is 10.4. The molecule has 3 rings (SSSR count). The molecule has 0 saturated carbocycles. The van der Waals surface area contributed by atoms with Crippen LogP contribution in [0.25, 0.3) is 21.5 Å². The van der Waals surface area contributed by atoms with Gasteiger partial charge in [-0.05, 0) is 21.5 Å². The Balaban J connectivity index is 2.55. The van der Waals surface area contributed by atoms with E-state index >= 15 is 0 Å². The predicted molar refractivity (Wildman–Crippen MR) is 76.9 cm³/mol. The zero-order valence-corrected chi connectivity index (χ0v) is 9.85. The van der Waals surface area contributed by atoms with Gasteiger partial charge in [0.15, 0.2) is 0 Å². The van der Waals surface area contributed by atoms with Crippen molar-refractivity contribution in [3.63, 3.8) is 0 Å². The van der Waals surface area contributed by atoms with Gasteiger partial charge in [0, 0.05) is 0 Å². The summed E-state index contributed by atoms with van der Waals surface area (Å²) in [5, 5.41) is 5.12. The highest BCUT2D eigenvalue weighted by atomic mass is 14.4. The summed E-state index contributed by atoms with van der Waals surface area (Å²) >= 11 is 0. The van der Waals surface area contributed by atoms with Crippen LogP contribution in [0.2, 0.25) is 6.82 Å². The molecular formula is C15H14BN. The lowest BCUT2D eigenvalue weighted by Gasteiger charge is -2.11. The average Bonchev–Trinajstić information content (AvgIpc) is 2.37. The minimum absolute atomic E-state index is 0.0597. The van der Waals surface area contributed by atoms with Crippen molar-refractivity contribution in [3.05, 3.63) is 54.6 Å². The van der Waals surface area contributed by atoms with Crippen LogP contribution < -0.4 is 11.1 Å². The molecular weight excluding hydrogens is 205 g/mol. The second-order valence-electron chi connectivity index (χ2n) is 4.52. The summed E-state index contributed by atoms with van der Waals surface area (Å²) in [4.78, 5) is 0. The van der Waals surface area contributed by atoms with Crippen LogP contribution in [0.1, 0.15) is 0 Å². The molecule has 0 spiro atoms. The summed E-state index contributed by atoms with van der Waals surface area (Å²) < 4.78 is 0. The van der Waals surface area contributed by atoms with Crippen molar-refractivity contribution in [3.8, 4) is 0 Å². The van der Waals surface area contributed by atoms with E-state index in [-0.39, 0.29) is 6.85 Å². The minimum atomic E-state index is 0.0597. The van der Waals surface area contributed by atoms with Crippen LogP contribution in [0.5, 0.6) is 0 Å². The van der Waals surface area contributed by atoms with Gasteiger partial charge in [0.1, 0.15) is 0 Å². The van der Waals surface area contributed by atoms with E-state index in [1.807, 2.05) is 6.82 Å². The Morgan fingerprint density at radius 1 is 0.824 bits per heavy atom. The number of nitrogens with two attached hydrogens (primary N) is 1. The fraction of sp³-hybridized carbons (Fsp3) is 0.0667. The number of rotatable bonds is 1. The quantitative estimate of drug-likeness (QED) is 0.494. The Hall–Kier alpha value is -1.80. The molecule has 0 aliphatic rings. The van der Waals surface area contributed by atoms with E-state index in [4.69, 9.17) is 5.64 Å². The molecule has 3 aromatic rings. The van der Waals surface area contributed by atoms with Crippen molar-refractivity contribution in [2.24, 2.45) is 5.64 Å². The topological polar surface area (TPSA) is 26.0 Å². The van der Waals surface area contributed by atoms with Crippen molar-refractivity contribution in [2.75, 3.05) is 0 Å². The maximum Gasteiger partial charge on any atom is 0.249 e. The average molecular weight is 219 g/mol. The Bertz CT molecular complexity index is 689. The Kier molecular flexibility index (Phi) is 2.38. The van der Waals surface area contributed by atoms with Gasteiger partial charge in [-0.15, -0.1) is 0 Å². The first-order valence-corrected chi connectivity index (χ1v) is 5.93. The van der Waals surface area contributed by atoms with E-state index in [0.29, 0.717) is 0 Å². The van der Waals surface area contributed by atoms with Crippen LogP contribution in [-0.2, 0) is 0 Å². The van der Waals surface area contributed by atoms with Gasteiger partial charge in [-0.3, -0.25) is 0 Å². The molecule has 0 atom stereocenters. The molecule has 0 aliphatic carbocycles. The SMILES string of the molecule is CB(N)c1cc2ccccc2c2ccccc12. The maximum absolute atomic E-state index is 6.07. The van der Waals surface area contributed by atoms with E-state index in [2.05, 4.69) is 54.6 Å². The molecule has 2 N–H and O–H groups in total. The van der Waals surface area contributed by atoms with Gasteiger partial charge in [0.2, 0.25) is 6.85 Å². The van der Waals surface area contributed by atoms with E-state index in [0.717, 1.165) is 0 Å². The Morgan fingerprint density at radius 3 is 2.12 bits per heavy atom. The number of hydrogen-bond acceptors (Lipinski definition) is 1. The molecule has 0 heterocycles. The third kappa shape index (κ3) is 1.61. The first-order valence-electron chi connectivity index (χ1n) is 5.93. The molecule has 2 heteroatoms. The third-order valence-corrected chi connectivity index (χ3v) is 3.29. The standard InChI is InChI=1S/C15H14BN/c1-16(17)15-10-11-6-2-3-7-12(11)13-8-4-5-9-14(13)15/h2-10H,17H2,1H3. The van der Waals surface area contributed by atoms with Gasteiger partial charge in [-0.2, -0.15) is 0 Å². The van der Waals surface area contributed by atoms with Crippen LogP contribution in [0.4, 0.5) is 0 Å². The molecule has 0 aliphatic heterocycles. The minimum Gasteiger partial charge on any atom is -0.366 e. The van der Waals surface area contributed by atoms with Crippen molar-refractivity contribution < 1.29 is 0 Å². The monoisotopic (exact) mass is 219 g/mol. The molecule has 1 nitrogen and oxygen atoms in total. The van der Waals surface area contributed by atoms with E-state index < -0.39 is 0 Å². The normalized spacial score (nSPS) is 10.9. The van der Waals surface area contributed by atoms with Crippen molar-refractivity contribution in [2.45, 2.75) is 6.82 Å². The summed E-state index contributed by atoms with van der Waals surface area (Å²) in [5.41, 5.74) is 7.29. The summed E-state index contributed by atoms with van der Waals surface area (Å²) in [6, 6.07) is 19.2. The van der Waals surface area contributed by atoms with Crippen molar-refractivity contribution in [1.82, 2.24) is 0 Å². The summed E-state index contributed by atoms with van der Waals surface area (Å²) in [6.45, 7) is 2.10. The molecule has 0 saturated heterocycles. The summed E-state index contributed by atoms with van der Waals surface area (Å²) in [6.07, 6.45) is 0. The van der Waals surface area contributed by atoms with Gasteiger partial charge in [-0.25, -0.2) is 0 Å². The molecule has 17 heavy (non-hydrogen) atoms. The summed E-state index contributed by atoms with van der Waals surface area (Å²) in [5.74, 6) is 0. The van der Waals surface area contributed by atoms with E-state index in [1.165, 1.54) is 27.0 Å². The molecule has 0 aromatic heterocycles. The van der Waals surface area contributed by atoms with Crippen LogP contribution in [0.15, 0.2) is 54.6 Å². The van der Waals surface area contributed by atoms with Crippen molar-refractivity contribution in [1.29, 1.82) is 0 Å². The zero-order chi connectivity index (χ0) is 11.8. The molecule has 0 fully saturated rings. The smallest absolute Gasteiger partial charge is 0.249 e. The van der Waals surface area contributed by atoms with Gasteiger partial charge in [-0.1, -0.05) is 66.9 Å². The molecule has 82 valence electrons. The van der Waals surface area contributed by atoms with Crippen LogP contribution in [0.3, 0.4) is 0 Å². The summed E-state index contributed by atoms with van der Waals surface area (Å²) in [7, 11) is 0. The molecule has 3 aromatic carbocycles. The van der Waals surface area contributed by atoms with Gasteiger partial charge >= 0.3 is 0 Å². The fourth-order valence-electron chi connectivity index (χ4n) is 2.46. The third-order valence-electron chi connectivity index (χ3n) is 3.29. The second kappa shape index (κ2) is 3.90. The molecule has 0 unspecified atom stereocenters. The van der Waals surface area contributed by atoms with Gasteiger partial charge in [0.25, 0.3) is 0 Å². The number of hydrogen-bond donors (Lipinski definition) is 1. The second-order valence-corrected chi connectivity index (χ2v) is 4.52. The molecule has 0 bridgehead atoms. The zero-order valence-electron chi connectivity index (χ0n) is 9.85. The van der Waals surface area contributed by atoms with Gasteiger partial charge < -0.3 is 5.64 Å². The Morgan fingerprint density at radius 2 is 1.41 bits per heavy atom. The largest absolute Gasteiger partial charge is 0.366 e. The Labute approximate surface area is 101 Å². The van der Waals surface area contributed by atoms with E-state index in [1.54, 1.807) is 0 Å². The van der Waals surface area contributed by atoms with Gasteiger partial charge in [0.05, 0.1) is 0 Å². The van der Waals surface area contributed by atoms with E-state index in [9.17, 15) is 0 Å². The number of benzene rings is 3. The lowest BCUT2D eigenvalue weighted by molar-refractivity contribution is 1.74. The predicted octanol–water partition coefficient (Wildman–Crippen LogP) is 2.78. The van der Waals surface area contributed by atoms with Crippen LogP contribution in [0, 0.1) is 0 Å². The van der Waals surface area contributed by atoms with Crippen LogP contribution >= 0.6 is 0 Å². The molecule has 0 amide bonds. The highest BCUT2D eigenvalue weighted by Gasteiger charge is 2.11. The highest BCUT2D eigenvalue weighted by molar-refractivity contribution is 6.72. The highest BCUT2D eigenvalue weighted by Crippen LogP contribution is 2.23. The van der Waals surface area contributed by atoms with Crippen molar-refractivity contribution >= 4 is 33.9 Å². The maximum atomic E-state index is 6.07. The lowest BCUT2D eigenvalue weighted by Crippen LogP contribution is -2.36. The fourth-order valence-corrected chi connectivity index (χ4v) is 2.46. The lowest BCUT2D eigenvalue weighted by atomic mass is 9.58. The molecule has 0 radical (unpaired) electrons. The first-order chi connectivity index (χ1) is 8.27. The van der Waals surface area contributed by atoms with Crippen LogP contribution in [-0.4, -0.2) is 6.85 Å².